The Kier molecular flexibility index (Phi) is 4.46. The first-order valence-corrected chi connectivity index (χ1v) is 8.81. The highest BCUT2D eigenvalue weighted by atomic mass is 19.1. The SMILES string of the molecule is CCN(Cc1ccccc1)C(=O)c1cc(-c2c(F)cnc3[nH]ccc23)c[nH]1.[HH]. The zero-order valence-corrected chi connectivity index (χ0v) is 14.9. The number of nitrogens with zero attached hydrogens (tertiary/aromatic N) is 2. The molecule has 27 heavy (non-hydrogen) atoms. The van der Waals surface area contributed by atoms with Gasteiger partial charge >= 0.3 is 0 Å². The van der Waals surface area contributed by atoms with Gasteiger partial charge in [0.25, 0.3) is 5.91 Å². The zero-order valence-electron chi connectivity index (χ0n) is 14.9. The maximum absolute atomic E-state index is 14.4. The minimum absolute atomic E-state index is 0. The summed E-state index contributed by atoms with van der Waals surface area (Å²) in [5, 5.41) is 0.685. The number of fused-ring (bicyclic) bond motifs is 1. The van der Waals surface area contributed by atoms with Crippen molar-refractivity contribution >= 4 is 16.9 Å². The average Bonchev–Trinajstić information content (AvgIpc) is 3.36. The van der Waals surface area contributed by atoms with Gasteiger partial charge in [-0.15, -0.1) is 0 Å². The Bertz CT molecular complexity index is 1090. The monoisotopic (exact) mass is 364 g/mol. The van der Waals surface area contributed by atoms with E-state index in [0.717, 1.165) is 5.56 Å². The van der Waals surface area contributed by atoms with Gasteiger partial charge in [-0.25, -0.2) is 9.37 Å². The molecule has 1 amide bonds. The maximum Gasteiger partial charge on any atom is 0.270 e. The Morgan fingerprint density at radius 1 is 1.22 bits per heavy atom. The van der Waals surface area contributed by atoms with E-state index in [4.69, 9.17) is 0 Å². The molecule has 0 aliphatic heterocycles. The number of rotatable bonds is 5. The van der Waals surface area contributed by atoms with Crippen molar-refractivity contribution in [2.24, 2.45) is 0 Å². The van der Waals surface area contributed by atoms with Crippen molar-refractivity contribution in [2.45, 2.75) is 13.5 Å². The van der Waals surface area contributed by atoms with Crippen LogP contribution in [-0.2, 0) is 6.54 Å². The van der Waals surface area contributed by atoms with Crippen LogP contribution >= 0.6 is 0 Å². The molecule has 1 aromatic carbocycles. The number of halogens is 1. The number of amides is 1. The molecule has 0 radical (unpaired) electrons. The number of nitrogens with one attached hydrogen (secondary N) is 2. The molecule has 138 valence electrons. The lowest BCUT2D eigenvalue weighted by molar-refractivity contribution is 0.0747. The van der Waals surface area contributed by atoms with Crippen LogP contribution in [0.4, 0.5) is 4.39 Å². The van der Waals surface area contributed by atoms with Gasteiger partial charge in [0.05, 0.1) is 6.20 Å². The number of H-pyrrole nitrogens is 2. The van der Waals surface area contributed by atoms with Gasteiger partial charge in [-0.2, -0.15) is 0 Å². The third-order valence-electron chi connectivity index (χ3n) is 4.63. The molecule has 0 saturated carbocycles. The Hall–Kier alpha value is -3.41. The molecular formula is C21H21FN4O. The van der Waals surface area contributed by atoms with Crippen LogP contribution in [0.15, 0.2) is 61.1 Å². The van der Waals surface area contributed by atoms with E-state index < -0.39 is 5.82 Å². The van der Waals surface area contributed by atoms with Crippen molar-refractivity contribution < 1.29 is 10.6 Å². The second kappa shape index (κ2) is 7.07. The molecule has 2 N–H and O–H groups in total. The highest BCUT2D eigenvalue weighted by Crippen LogP contribution is 2.30. The Balaban J connectivity index is 0.00000225. The van der Waals surface area contributed by atoms with Crippen molar-refractivity contribution in [2.75, 3.05) is 6.54 Å². The number of hydrogen-bond donors (Lipinski definition) is 2. The molecule has 5 nitrogen and oxygen atoms in total. The van der Waals surface area contributed by atoms with Gasteiger partial charge in [0.1, 0.15) is 17.2 Å². The number of benzene rings is 1. The fraction of sp³-hybridized carbons (Fsp3) is 0.143. The molecule has 0 aliphatic rings. The number of carbonyl (C=O) groups excluding carboxylic acids is 1. The van der Waals surface area contributed by atoms with Crippen LogP contribution in [0.2, 0.25) is 0 Å². The highest BCUT2D eigenvalue weighted by molar-refractivity contribution is 5.97. The molecule has 0 fully saturated rings. The lowest BCUT2D eigenvalue weighted by Gasteiger charge is -2.20. The van der Waals surface area contributed by atoms with Crippen LogP contribution in [-0.4, -0.2) is 32.3 Å². The quantitative estimate of drug-likeness (QED) is 0.543. The molecule has 0 spiro atoms. The second-order valence-electron chi connectivity index (χ2n) is 6.33. The summed E-state index contributed by atoms with van der Waals surface area (Å²) in [6.07, 6.45) is 4.57. The lowest BCUT2D eigenvalue weighted by Crippen LogP contribution is -2.30. The summed E-state index contributed by atoms with van der Waals surface area (Å²) in [7, 11) is 0. The van der Waals surface area contributed by atoms with Crippen LogP contribution in [0.5, 0.6) is 0 Å². The summed E-state index contributed by atoms with van der Waals surface area (Å²) < 4.78 is 14.4. The molecule has 3 aromatic heterocycles. The normalized spacial score (nSPS) is 11.0. The van der Waals surface area contributed by atoms with Gasteiger partial charge in [0, 0.05) is 43.4 Å². The minimum Gasteiger partial charge on any atom is -0.357 e. The van der Waals surface area contributed by atoms with Gasteiger partial charge in [-0.3, -0.25) is 4.79 Å². The van der Waals surface area contributed by atoms with Gasteiger partial charge in [-0.05, 0) is 24.6 Å². The first-order valence-electron chi connectivity index (χ1n) is 8.81. The smallest absolute Gasteiger partial charge is 0.270 e. The Morgan fingerprint density at radius 2 is 2.04 bits per heavy atom. The number of aromatic nitrogens is 3. The highest BCUT2D eigenvalue weighted by Gasteiger charge is 2.19. The van der Waals surface area contributed by atoms with Crippen LogP contribution < -0.4 is 0 Å². The van der Waals surface area contributed by atoms with Crippen molar-refractivity contribution in [3.8, 4) is 11.1 Å². The molecular weight excluding hydrogens is 343 g/mol. The summed E-state index contributed by atoms with van der Waals surface area (Å²) in [6.45, 7) is 3.04. The van der Waals surface area contributed by atoms with E-state index in [1.54, 1.807) is 29.4 Å². The van der Waals surface area contributed by atoms with E-state index in [2.05, 4.69) is 15.0 Å². The molecule has 4 aromatic rings. The summed E-state index contributed by atoms with van der Waals surface area (Å²) >= 11 is 0. The van der Waals surface area contributed by atoms with E-state index >= 15 is 0 Å². The standard InChI is InChI=1S/C21H19FN4O.H2/c1-2-26(13-14-6-4-3-5-7-14)21(27)18-10-15(11-24-18)19-16-8-9-23-20(16)25-12-17(19)22;/h3-12,24H,2,13H2,1H3,(H,23,25);1H. The summed E-state index contributed by atoms with van der Waals surface area (Å²) in [5.74, 6) is -0.538. The summed E-state index contributed by atoms with van der Waals surface area (Å²) in [6, 6.07) is 13.3. The Labute approximate surface area is 157 Å². The van der Waals surface area contributed by atoms with Crippen LogP contribution in [0.1, 0.15) is 24.4 Å². The van der Waals surface area contributed by atoms with Crippen molar-refractivity contribution in [1.29, 1.82) is 0 Å². The first-order chi connectivity index (χ1) is 13.2. The summed E-state index contributed by atoms with van der Waals surface area (Å²) in [5.41, 5.74) is 3.16. The van der Waals surface area contributed by atoms with E-state index in [-0.39, 0.29) is 7.33 Å². The van der Waals surface area contributed by atoms with Gasteiger partial charge in [0.2, 0.25) is 0 Å². The number of carbonyl (C=O) groups is 1. The predicted molar refractivity (Wildman–Crippen MR) is 105 cm³/mol. The average molecular weight is 364 g/mol. The second-order valence-corrected chi connectivity index (χ2v) is 6.33. The van der Waals surface area contributed by atoms with Gasteiger partial charge in [0.15, 0.2) is 0 Å². The maximum atomic E-state index is 14.4. The van der Waals surface area contributed by atoms with Gasteiger partial charge in [-0.1, -0.05) is 30.3 Å². The van der Waals surface area contributed by atoms with E-state index in [1.165, 1.54) is 6.20 Å². The van der Waals surface area contributed by atoms with E-state index in [0.29, 0.717) is 40.9 Å². The molecule has 0 aliphatic carbocycles. The molecule has 4 rings (SSSR count). The van der Waals surface area contributed by atoms with Gasteiger partial charge < -0.3 is 14.9 Å². The summed E-state index contributed by atoms with van der Waals surface area (Å²) in [4.78, 5) is 24.7. The van der Waals surface area contributed by atoms with Crippen LogP contribution in [0.3, 0.4) is 0 Å². The van der Waals surface area contributed by atoms with Crippen molar-refractivity contribution in [3.63, 3.8) is 0 Å². The van der Waals surface area contributed by atoms with E-state index in [1.807, 2.05) is 37.3 Å². The lowest BCUT2D eigenvalue weighted by atomic mass is 10.1. The number of hydrogen-bond acceptors (Lipinski definition) is 2. The largest absolute Gasteiger partial charge is 0.357 e. The predicted octanol–water partition coefficient (Wildman–Crippen LogP) is 4.61. The molecule has 3 heterocycles. The zero-order chi connectivity index (χ0) is 18.8. The third kappa shape index (κ3) is 3.21. The molecule has 0 saturated heterocycles. The number of pyridine rings is 1. The topological polar surface area (TPSA) is 64.8 Å². The molecule has 0 atom stereocenters. The Morgan fingerprint density at radius 3 is 2.81 bits per heavy atom. The van der Waals surface area contributed by atoms with Crippen LogP contribution in [0.25, 0.3) is 22.2 Å². The van der Waals surface area contributed by atoms with Crippen LogP contribution in [0, 0.1) is 5.82 Å². The van der Waals surface area contributed by atoms with Crippen molar-refractivity contribution in [3.05, 3.63) is 78.1 Å². The fourth-order valence-electron chi connectivity index (χ4n) is 3.24. The minimum atomic E-state index is -0.420. The van der Waals surface area contributed by atoms with Crippen molar-refractivity contribution in [1.82, 2.24) is 19.9 Å². The molecule has 0 unspecified atom stereocenters. The fourth-order valence-corrected chi connectivity index (χ4v) is 3.24. The molecule has 0 bridgehead atoms. The number of aromatic amines is 2. The first kappa shape index (κ1) is 17.0. The third-order valence-corrected chi connectivity index (χ3v) is 4.63. The van der Waals surface area contributed by atoms with E-state index in [9.17, 15) is 9.18 Å². The molecule has 6 heteroatoms.